The zero-order valence-corrected chi connectivity index (χ0v) is 7.99. The van der Waals surface area contributed by atoms with Gasteiger partial charge in [-0.05, 0) is 17.7 Å². The summed E-state index contributed by atoms with van der Waals surface area (Å²) in [6.45, 7) is 0. The van der Waals surface area contributed by atoms with E-state index in [4.69, 9.17) is 0 Å². The molecule has 13 heavy (non-hydrogen) atoms. The molecular formula is C9H10O3S. The Balaban J connectivity index is 2.88. The maximum absolute atomic E-state index is 10.9. The number of thiol groups is 1. The van der Waals surface area contributed by atoms with Gasteiger partial charge >= 0.3 is 5.97 Å². The lowest BCUT2D eigenvalue weighted by Crippen LogP contribution is -2.13. The number of esters is 1. The molecule has 1 aromatic rings. The Bertz CT molecular complexity index is 311. The minimum atomic E-state index is -1.22. The molecule has 1 aromatic carbocycles. The van der Waals surface area contributed by atoms with Crippen molar-refractivity contribution in [3.8, 4) is 0 Å². The largest absolute Gasteiger partial charge is 0.467 e. The van der Waals surface area contributed by atoms with Crippen LogP contribution < -0.4 is 0 Å². The van der Waals surface area contributed by atoms with Crippen LogP contribution >= 0.6 is 12.6 Å². The molecule has 0 aliphatic rings. The van der Waals surface area contributed by atoms with Crippen molar-refractivity contribution in [2.75, 3.05) is 7.11 Å². The first-order valence-electron chi connectivity index (χ1n) is 3.70. The Labute approximate surface area is 81.8 Å². The number of hydrogen-bond acceptors (Lipinski definition) is 4. The fourth-order valence-electron chi connectivity index (χ4n) is 0.943. The number of hydrogen-bond donors (Lipinski definition) is 2. The highest BCUT2D eigenvalue weighted by Gasteiger charge is 2.17. The highest BCUT2D eigenvalue weighted by molar-refractivity contribution is 7.80. The summed E-state index contributed by atoms with van der Waals surface area (Å²) < 4.78 is 4.39. The molecule has 0 heterocycles. The number of carbonyl (C=O) groups excluding carboxylic acids is 1. The molecule has 0 bridgehead atoms. The third-order valence-electron chi connectivity index (χ3n) is 1.61. The van der Waals surface area contributed by atoms with Crippen molar-refractivity contribution in [2.45, 2.75) is 11.0 Å². The van der Waals surface area contributed by atoms with Gasteiger partial charge in [0.1, 0.15) is 0 Å². The molecule has 0 saturated heterocycles. The van der Waals surface area contributed by atoms with E-state index in [2.05, 4.69) is 17.4 Å². The average molecular weight is 198 g/mol. The Morgan fingerprint density at radius 2 is 2.31 bits per heavy atom. The van der Waals surface area contributed by atoms with E-state index in [1.54, 1.807) is 24.3 Å². The van der Waals surface area contributed by atoms with Gasteiger partial charge in [-0.1, -0.05) is 12.1 Å². The highest BCUT2D eigenvalue weighted by Crippen LogP contribution is 2.17. The number of ether oxygens (including phenoxy) is 1. The van der Waals surface area contributed by atoms with Crippen LogP contribution in [-0.2, 0) is 9.53 Å². The first-order valence-corrected chi connectivity index (χ1v) is 4.14. The number of carbonyl (C=O) groups is 1. The predicted octanol–water partition coefficient (Wildman–Crippen LogP) is 1.18. The van der Waals surface area contributed by atoms with E-state index < -0.39 is 12.1 Å². The van der Waals surface area contributed by atoms with Gasteiger partial charge in [0.05, 0.1) is 7.11 Å². The molecule has 70 valence electrons. The second-order valence-corrected chi connectivity index (χ2v) is 3.04. The van der Waals surface area contributed by atoms with E-state index in [1.165, 1.54) is 7.11 Å². The summed E-state index contributed by atoms with van der Waals surface area (Å²) in [5.41, 5.74) is 0.486. The van der Waals surface area contributed by atoms with E-state index >= 15 is 0 Å². The number of aliphatic hydroxyl groups is 1. The minimum absolute atomic E-state index is 0.486. The maximum atomic E-state index is 10.9. The predicted molar refractivity (Wildman–Crippen MR) is 50.7 cm³/mol. The molecule has 3 nitrogen and oxygen atoms in total. The quantitative estimate of drug-likeness (QED) is 0.554. The molecular weight excluding hydrogens is 188 g/mol. The van der Waals surface area contributed by atoms with Gasteiger partial charge in [-0.15, -0.1) is 12.6 Å². The van der Waals surface area contributed by atoms with E-state index in [9.17, 15) is 9.90 Å². The molecule has 0 saturated carbocycles. The summed E-state index contributed by atoms with van der Waals surface area (Å²) in [7, 11) is 1.23. The molecule has 1 atom stereocenters. The lowest BCUT2D eigenvalue weighted by Gasteiger charge is -2.08. The smallest absolute Gasteiger partial charge is 0.339 e. The van der Waals surface area contributed by atoms with Crippen molar-refractivity contribution in [3.63, 3.8) is 0 Å². The molecule has 1 rings (SSSR count). The fourth-order valence-corrected chi connectivity index (χ4v) is 1.18. The van der Waals surface area contributed by atoms with Crippen LogP contribution in [0.25, 0.3) is 0 Å². The first-order chi connectivity index (χ1) is 6.15. The summed E-state index contributed by atoms with van der Waals surface area (Å²) in [6, 6.07) is 6.73. The van der Waals surface area contributed by atoms with Crippen molar-refractivity contribution >= 4 is 18.6 Å². The molecule has 0 fully saturated rings. The number of aliphatic hydroxyl groups excluding tert-OH is 1. The van der Waals surface area contributed by atoms with E-state index in [0.29, 0.717) is 10.5 Å². The van der Waals surface area contributed by atoms with Crippen LogP contribution in [0.5, 0.6) is 0 Å². The average Bonchev–Trinajstić information content (AvgIpc) is 2.15. The lowest BCUT2D eigenvalue weighted by molar-refractivity contribution is -0.150. The van der Waals surface area contributed by atoms with Crippen LogP contribution in [-0.4, -0.2) is 18.2 Å². The normalized spacial score (nSPS) is 12.2. The van der Waals surface area contributed by atoms with Crippen LogP contribution in [0.2, 0.25) is 0 Å². The number of rotatable bonds is 2. The van der Waals surface area contributed by atoms with Gasteiger partial charge < -0.3 is 9.84 Å². The minimum Gasteiger partial charge on any atom is -0.467 e. The molecule has 1 unspecified atom stereocenters. The van der Waals surface area contributed by atoms with E-state index in [0.717, 1.165) is 0 Å². The summed E-state index contributed by atoms with van der Waals surface area (Å²) in [5, 5.41) is 9.40. The molecule has 1 N–H and O–H groups in total. The highest BCUT2D eigenvalue weighted by atomic mass is 32.1. The van der Waals surface area contributed by atoms with E-state index in [-0.39, 0.29) is 0 Å². The third kappa shape index (κ3) is 2.47. The number of benzene rings is 1. The summed E-state index contributed by atoms with van der Waals surface area (Å²) in [6.07, 6.45) is -1.22. The van der Waals surface area contributed by atoms with Crippen molar-refractivity contribution in [1.29, 1.82) is 0 Å². The van der Waals surface area contributed by atoms with Crippen LogP contribution in [0.3, 0.4) is 0 Å². The van der Waals surface area contributed by atoms with Crippen LogP contribution in [0.4, 0.5) is 0 Å². The van der Waals surface area contributed by atoms with Crippen molar-refractivity contribution in [2.24, 2.45) is 0 Å². The Kier molecular flexibility index (Phi) is 3.33. The zero-order valence-electron chi connectivity index (χ0n) is 7.10. The molecule has 0 aromatic heterocycles. The van der Waals surface area contributed by atoms with Crippen molar-refractivity contribution in [1.82, 2.24) is 0 Å². The van der Waals surface area contributed by atoms with E-state index in [1.807, 2.05) is 0 Å². The standard InChI is InChI=1S/C9H10O3S/c1-12-9(11)8(10)6-3-2-4-7(13)5-6/h2-5,8,10,13H,1H3. The van der Waals surface area contributed by atoms with Gasteiger partial charge in [0.25, 0.3) is 0 Å². The topological polar surface area (TPSA) is 46.5 Å². The summed E-state index contributed by atoms with van der Waals surface area (Å²) >= 11 is 4.08. The number of methoxy groups -OCH3 is 1. The Morgan fingerprint density at radius 3 is 2.85 bits per heavy atom. The van der Waals surface area contributed by atoms with Gasteiger partial charge in [-0.25, -0.2) is 4.79 Å². The maximum Gasteiger partial charge on any atom is 0.339 e. The van der Waals surface area contributed by atoms with Gasteiger partial charge in [-0.2, -0.15) is 0 Å². The first kappa shape index (κ1) is 10.1. The third-order valence-corrected chi connectivity index (χ3v) is 1.89. The summed E-state index contributed by atoms with van der Waals surface area (Å²) in [4.78, 5) is 11.6. The SMILES string of the molecule is COC(=O)C(O)c1cccc(S)c1. The van der Waals surface area contributed by atoms with Crippen LogP contribution in [0.1, 0.15) is 11.7 Å². The monoisotopic (exact) mass is 198 g/mol. The molecule has 4 heteroatoms. The zero-order chi connectivity index (χ0) is 9.84. The van der Waals surface area contributed by atoms with Gasteiger partial charge in [0.2, 0.25) is 0 Å². The molecule has 0 amide bonds. The lowest BCUT2D eigenvalue weighted by atomic mass is 10.1. The molecule has 0 radical (unpaired) electrons. The molecule has 0 aliphatic carbocycles. The Hall–Kier alpha value is -1.00. The van der Waals surface area contributed by atoms with Gasteiger partial charge in [0, 0.05) is 4.90 Å². The van der Waals surface area contributed by atoms with Crippen molar-refractivity contribution < 1.29 is 14.6 Å². The van der Waals surface area contributed by atoms with Crippen molar-refractivity contribution in [3.05, 3.63) is 29.8 Å². The summed E-state index contributed by atoms with van der Waals surface area (Å²) in [5.74, 6) is -0.668. The van der Waals surface area contributed by atoms with Gasteiger partial charge in [0.15, 0.2) is 6.10 Å². The van der Waals surface area contributed by atoms with Gasteiger partial charge in [-0.3, -0.25) is 0 Å². The van der Waals surface area contributed by atoms with Crippen LogP contribution in [0, 0.1) is 0 Å². The van der Waals surface area contributed by atoms with Crippen LogP contribution in [0.15, 0.2) is 29.2 Å². The second kappa shape index (κ2) is 4.30. The Morgan fingerprint density at radius 1 is 1.62 bits per heavy atom. The molecule has 0 spiro atoms. The molecule has 0 aliphatic heterocycles. The second-order valence-electron chi connectivity index (χ2n) is 2.52. The fraction of sp³-hybridized carbons (Fsp3) is 0.222.